The molecular formula is C20H18FN3O3. The number of aromatic amines is 1. The van der Waals surface area contributed by atoms with E-state index >= 15 is 0 Å². The van der Waals surface area contributed by atoms with E-state index in [1.165, 1.54) is 12.1 Å². The monoisotopic (exact) mass is 367 g/mol. The summed E-state index contributed by atoms with van der Waals surface area (Å²) in [5, 5.41) is 0. The highest BCUT2D eigenvalue weighted by atomic mass is 19.1. The second kappa shape index (κ2) is 6.26. The van der Waals surface area contributed by atoms with Crippen molar-refractivity contribution in [3.8, 4) is 11.5 Å². The first-order valence-corrected chi connectivity index (χ1v) is 9.05. The van der Waals surface area contributed by atoms with Gasteiger partial charge in [0.1, 0.15) is 11.6 Å². The zero-order valence-electron chi connectivity index (χ0n) is 14.6. The van der Waals surface area contributed by atoms with E-state index in [0.29, 0.717) is 40.5 Å². The van der Waals surface area contributed by atoms with Crippen molar-refractivity contribution >= 4 is 16.9 Å². The summed E-state index contributed by atoms with van der Waals surface area (Å²) in [6, 6.07) is 9.56. The Morgan fingerprint density at radius 2 is 2.04 bits per heavy atom. The van der Waals surface area contributed by atoms with Crippen LogP contribution in [-0.4, -0.2) is 34.1 Å². The van der Waals surface area contributed by atoms with E-state index in [4.69, 9.17) is 9.47 Å². The predicted octanol–water partition coefficient (Wildman–Crippen LogP) is 3.80. The molecule has 1 amide bonds. The van der Waals surface area contributed by atoms with Gasteiger partial charge in [-0.05, 0) is 55.7 Å². The van der Waals surface area contributed by atoms with Crippen LogP contribution in [0.3, 0.4) is 0 Å². The van der Waals surface area contributed by atoms with Crippen molar-refractivity contribution in [2.24, 2.45) is 0 Å². The van der Waals surface area contributed by atoms with Gasteiger partial charge in [0.25, 0.3) is 5.91 Å². The van der Waals surface area contributed by atoms with Gasteiger partial charge >= 0.3 is 0 Å². The number of amides is 1. The molecule has 5 rings (SSSR count). The second-order valence-electron chi connectivity index (χ2n) is 6.86. The molecule has 0 bridgehead atoms. The number of carbonyl (C=O) groups excluding carboxylic acids is 1. The molecule has 3 aromatic rings. The summed E-state index contributed by atoms with van der Waals surface area (Å²) >= 11 is 0. The molecule has 0 radical (unpaired) electrons. The van der Waals surface area contributed by atoms with Gasteiger partial charge in [-0.1, -0.05) is 0 Å². The van der Waals surface area contributed by atoms with Gasteiger partial charge in [-0.15, -0.1) is 0 Å². The van der Waals surface area contributed by atoms with Gasteiger partial charge < -0.3 is 19.4 Å². The Bertz CT molecular complexity index is 1030. The van der Waals surface area contributed by atoms with Crippen molar-refractivity contribution < 1.29 is 18.7 Å². The molecule has 2 aliphatic rings. The number of likely N-dealkylation sites (tertiary alicyclic amines) is 1. The number of benzene rings is 2. The molecule has 2 aromatic carbocycles. The van der Waals surface area contributed by atoms with E-state index < -0.39 is 0 Å². The fourth-order valence-corrected chi connectivity index (χ4v) is 3.81. The molecule has 2 aliphatic heterocycles. The van der Waals surface area contributed by atoms with Crippen molar-refractivity contribution in [2.45, 2.75) is 25.3 Å². The molecule has 6 nitrogen and oxygen atoms in total. The first kappa shape index (κ1) is 16.1. The smallest absolute Gasteiger partial charge is 0.254 e. The number of ether oxygens (including phenoxy) is 2. The van der Waals surface area contributed by atoms with Crippen LogP contribution in [0.5, 0.6) is 11.5 Å². The third kappa shape index (κ3) is 2.79. The van der Waals surface area contributed by atoms with Crippen LogP contribution >= 0.6 is 0 Å². The number of carbonyl (C=O) groups is 1. The van der Waals surface area contributed by atoms with Crippen LogP contribution in [0.15, 0.2) is 36.4 Å². The number of halogens is 1. The number of H-pyrrole nitrogens is 1. The summed E-state index contributed by atoms with van der Waals surface area (Å²) in [5.74, 6) is 1.57. The Morgan fingerprint density at radius 3 is 2.96 bits per heavy atom. The molecule has 3 heterocycles. The second-order valence-corrected chi connectivity index (χ2v) is 6.86. The van der Waals surface area contributed by atoms with E-state index in [-0.39, 0.29) is 24.6 Å². The van der Waals surface area contributed by atoms with Gasteiger partial charge in [0.05, 0.1) is 17.1 Å². The van der Waals surface area contributed by atoms with Crippen LogP contribution in [0.4, 0.5) is 4.39 Å². The van der Waals surface area contributed by atoms with Crippen LogP contribution in [0.1, 0.15) is 41.5 Å². The zero-order chi connectivity index (χ0) is 18.4. The minimum Gasteiger partial charge on any atom is -0.454 e. The number of imidazole rings is 1. The largest absolute Gasteiger partial charge is 0.454 e. The molecule has 0 aliphatic carbocycles. The molecular weight excluding hydrogens is 349 g/mol. The van der Waals surface area contributed by atoms with E-state index in [9.17, 15) is 9.18 Å². The lowest BCUT2D eigenvalue weighted by molar-refractivity contribution is 0.0601. The van der Waals surface area contributed by atoms with Crippen LogP contribution in [0, 0.1) is 5.82 Å². The van der Waals surface area contributed by atoms with Crippen LogP contribution in [0.2, 0.25) is 0 Å². The van der Waals surface area contributed by atoms with Gasteiger partial charge in [-0.3, -0.25) is 4.79 Å². The Morgan fingerprint density at radius 1 is 1.15 bits per heavy atom. The third-order valence-corrected chi connectivity index (χ3v) is 5.16. The number of hydrogen-bond acceptors (Lipinski definition) is 4. The fraction of sp³-hybridized carbons (Fsp3) is 0.300. The number of piperidine rings is 1. The maximum atomic E-state index is 13.5. The average molecular weight is 367 g/mol. The van der Waals surface area contributed by atoms with E-state index in [2.05, 4.69) is 9.97 Å². The molecule has 1 saturated heterocycles. The quantitative estimate of drug-likeness (QED) is 0.748. The summed E-state index contributed by atoms with van der Waals surface area (Å²) < 4.78 is 24.2. The molecule has 1 aromatic heterocycles. The van der Waals surface area contributed by atoms with Crippen LogP contribution in [0.25, 0.3) is 11.0 Å². The van der Waals surface area contributed by atoms with E-state index in [1.54, 1.807) is 24.3 Å². The van der Waals surface area contributed by atoms with Crippen molar-refractivity contribution in [2.75, 3.05) is 13.3 Å². The first-order chi connectivity index (χ1) is 13.2. The average Bonchev–Trinajstić information content (AvgIpc) is 3.33. The summed E-state index contributed by atoms with van der Waals surface area (Å²) in [6.07, 6.45) is 2.78. The lowest BCUT2D eigenvalue weighted by Gasteiger charge is -2.34. The highest BCUT2D eigenvalue weighted by Crippen LogP contribution is 2.35. The van der Waals surface area contributed by atoms with Crippen molar-refractivity contribution in [3.05, 3.63) is 53.6 Å². The number of aromatic nitrogens is 2. The zero-order valence-corrected chi connectivity index (χ0v) is 14.6. The summed E-state index contributed by atoms with van der Waals surface area (Å²) in [7, 11) is 0. The number of hydrogen-bond donors (Lipinski definition) is 1. The summed E-state index contributed by atoms with van der Waals surface area (Å²) in [5.41, 5.74) is 1.91. The topological polar surface area (TPSA) is 67.5 Å². The minimum absolute atomic E-state index is 0.0652. The first-order valence-electron chi connectivity index (χ1n) is 9.05. The normalized spacial score (nSPS) is 18.9. The summed E-state index contributed by atoms with van der Waals surface area (Å²) in [6.45, 7) is 0.832. The number of fused-ring (bicyclic) bond motifs is 2. The van der Waals surface area contributed by atoms with Gasteiger partial charge in [0, 0.05) is 12.1 Å². The SMILES string of the molecule is O=C(c1ccc2c(c1)OCO2)N1CCCC[C@H]1c1nc2ccc(F)cc2[nH]1. The third-order valence-electron chi connectivity index (χ3n) is 5.16. The molecule has 27 heavy (non-hydrogen) atoms. The lowest BCUT2D eigenvalue weighted by atomic mass is 10.00. The molecule has 0 saturated carbocycles. The molecule has 1 fully saturated rings. The lowest BCUT2D eigenvalue weighted by Crippen LogP contribution is -2.39. The predicted molar refractivity (Wildman–Crippen MR) is 96.2 cm³/mol. The highest BCUT2D eigenvalue weighted by molar-refractivity contribution is 5.95. The van der Waals surface area contributed by atoms with Crippen molar-refractivity contribution in [1.82, 2.24) is 14.9 Å². The number of nitrogens with zero attached hydrogens (tertiary/aromatic N) is 2. The van der Waals surface area contributed by atoms with Gasteiger partial charge in [-0.2, -0.15) is 0 Å². The number of rotatable bonds is 2. The Balaban J connectivity index is 1.48. The molecule has 0 unspecified atom stereocenters. The maximum Gasteiger partial charge on any atom is 0.254 e. The van der Waals surface area contributed by atoms with Gasteiger partial charge in [0.15, 0.2) is 11.5 Å². The Kier molecular flexibility index (Phi) is 3.74. The van der Waals surface area contributed by atoms with Crippen LogP contribution < -0.4 is 9.47 Å². The molecule has 138 valence electrons. The molecule has 1 N–H and O–H groups in total. The minimum atomic E-state index is -0.311. The maximum absolute atomic E-state index is 13.5. The molecule has 7 heteroatoms. The molecule has 0 spiro atoms. The standard InChI is InChI=1S/C20H18FN3O3/c21-13-5-6-14-15(10-13)23-19(22-14)16-3-1-2-8-24(16)20(25)12-4-7-17-18(9-12)27-11-26-17/h4-7,9-10,16H,1-3,8,11H2,(H,22,23)/t16-/m0/s1. The molecule has 1 atom stereocenters. The highest BCUT2D eigenvalue weighted by Gasteiger charge is 2.31. The van der Waals surface area contributed by atoms with Gasteiger partial charge in [-0.25, -0.2) is 9.37 Å². The fourth-order valence-electron chi connectivity index (χ4n) is 3.81. The number of nitrogens with one attached hydrogen (secondary N) is 1. The Hall–Kier alpha value is -3.09. The van der Waals surface area contributed by atoms with Crippen molar-refractivity contribution in [1.29, 1.82) is 0 Å². The van der Waals surface area contributed by atoms with E-state index in [0.717, 1.165) is 19.3 Å². The Labute approximate surface area is 154 Å². The van der Waals surface area contributed by atoms with E-state index in [1.807, 2.05) is 4.90 Å². The van der Waals surface area contributed by atoms with Gasteiger partial charge in [0.2, 0.25) is 6.79 Å². The van der Waals surface area contributed by atoms with Crippen LogP contribution in [-0.2, 0) is 0 Å². The van der Waals surface area contributed by atoms with Crippen molar-refractivity contribution in [3.63, 3.8) is 0 Å². The summed E-state index contributed by atoms with van der Waals surface area (Å²) in [4.78, 5) is 22.8.